The molecule has 3 nitrogen and oxygen atoms in total. The van der Waals surface area contributed by atoms with Crippen LogP contribution >= 0.6 is 0 Å². The number of methoxy groups -OCH3 is 1. The van der Waals surface area contributed by atoms with Crippen LogP contribution in [0.25, 0.3) is 0 Å². The lowest BCUT2D eigenvalue weighted by Gasteiger charge is -2.19. The van der Waals surface area contributed by atoms with Gasteiger partial charge in [-0.05, 0) is 31.7 Å². The van der Waals surface area contributed by atoms with Crippen molar-refractivity contribution < 1.29 is 22.6 Å². The van der Waals surface area contributed by atoms with Gasteiger partial charge in [0.2, 0.25) is 0 Å². The minimum atomic E-state index is -4.43. The molecule has 0 aliphatic carbocycles. The Balaban J connectivity index is 2.94. The number of rotatable bonds is 7. The van der Waals surface area contributed by atoms with Crippen molar-refractivity contribution in [1.82, 2.24) is 5.32 Å². The molecule has 1 aromatic carbocycles. The van der Waals surface area contributed by atoms with Gasteiger partial charge in [0.15, 0.2) is 0 Å². The molecule has 0 saturated carbocycles. The molecule has 0 radical (unpaired) electrons. The summed E-state index contributed by atoms with van der Waals surface area (Å²) in [4.78, 5) is 0. The van der Waals surface area contributed by atoms with Gasteiger partial charge in [0.1, 0.15) is 5.75 Å². The number of hydrogen-bond acceptors (Lipinski definition) is 3. The molecule has 1 aromatic rings. The maximum absolute atomic E-state index is 13.0. The zero-order valence-electron chi connectivity index (χ0n) is 11.9. The predicted molar refractivity (Wildman–Crippen MR) is 70.8 cm³/mol. The highest BCUT2D eigenvalue weighted by molar-refractivity contribution is 5.39. The second-order valence-electron chi connectivity index (χ2n) is 4.57. The molecule has 0 aromatic heterocycles. The highest BCUT2D eigenvalue weighted by Gasteiger charge is 2.35. The number of benzene rings is 1. The van der Waals surface area contributed by atoms with Crippen LogP contribution in [0, 0.1) is 0 Å². The molecule has 6 heteroatoms. The first-order valence-corrected chi connectivity index (χ1v) is 6.38. The Morgan fingerprint density at radius 2 is 2.00 bits per heavy atom. The Morgan fingerprint density at radius 1 is 1.30 bits per heavy atom. The molecule has 1 rings (SSSR count). The third kappa shape index (κ3) is 5.02. The quantitative estimate of drug-likeness (QED) is 0.836. The van der Waals surface area contributed by atoms with Crippen LogP contribution in [-0.2, 0) is 17.5 Å². The summed E-state index contributed by atoms with van der Waals surface area (Å²) in [5.41, 5.74) is -0.175. The van der Waals surface area contributed by atoms with Crippen LogP contribution in [0.1, 0.15) is 24.5 Å². The monoisotopic (exact) mass is 291 g/mol. The fourth-order valence-electron chi connectivity index (χ4n) is 1.78. The third-order valence-electron chi connectivity index (χ3n) is 2.79. The van der Waals surface area contributed by atoms with E-state index >= 15 is 0 Å². The van der Waals surface area contributed by atoms with Gasteiger partial charge in [0.05, 0.1) is 11.7 Å². The maximum atomic E-state index is 13.0. The number of halogens is 3. The van der Waals surface area contributed by atoms with Crippen molar-refractivity contribution in [3.63, 3.8) is 0 Å². The lowest BCUT2D eigenvalue weighted by molar-refractivity contribution is -0.139. The summed E-state index contributed by atoms with van der Waals surface area (Å²) in [6.45, 7) is 2.55. The van der Waals surface area contributed by atoms with Crippen LogP contribution in [0.3, 0.4) is 0 Å². The normalized spacial score (nSPS) is 13.3. The Labute approximate surface area is 117 Å². The predicted octanol–water partition coefficient (Wildman–Crippen LogP) is 3.23. The molecule has 1 atom stereocenters. The molecule has 0 saturated heterocycles. The Morgan fingerprint density at radius 3 is 2.55 bits per heavy atom. The summed E-state index contributed by atoms with van der Waals surface area (Å²) < 4.78 is 49.4. The fourth-order valence-corrected chi connectivity index (χ4v) is 1.78. The summed E-state index contributed by atoms with van der Waals surface area (Å²) >= 11 is 0. The van der Waals surface area contributed by atoms with Gasteiger partial charge < -0.3 is 14.8 Å². The van der Waals surface area contributed by atoms with Gasteiger partial charge in [-0.25, -0.2) is 0 Å². The van der Waals surface area contributed by atoms with Crippen molar-refractivity contribution in [2.24, 2.45) is 0 Å². The topological polar surface area (TPSA) is 30.5 Å². The van der Waals surface area contributed by atoms with Gasteiger partial charge in [-0.3, -0.25) is 0 Å². The van der Waals surface area contributed by atoms with Crippen molar-refractivity contribution in [1.29, 1.82) is 0 Å². The molecule has 0 amide bonds. The van der Waals surface area contributed by atoms with Crippen molar-refractivity contribution in [3.05, 3.63) is 29.3 Å². The Bertz CT molecular complexity index is 421. The molecule has 0 fully saturated rings. The van der Waals surface area contributed by atoms with Crippen LogP contribution in [-0.4, -0.2) is 26.9 Å². The fraction of sp³-hybridized carbons (Fsp3) is 0.571. The van der Waals surface area contributed by atoms with Crippen LogP contribution in [0.4, 0.5) is 13.2 Å². The first-order chi connectivity index (χ1) is 9.38. The average molecular weight is 291 g/mol. The summed E-state index contributed by atoms with van der Waals surface area (Å²) in [6.07, 6.45) is -4.24. The molecule has 114 valence electrons. The van der Waals surface area contributed by atoms with Gasteiger partial charge in [0, 0.05) is 26.7 Å². The van der Waals surface area contributed by atoms with Crippen LogP contribution in [0.15, 0.2) is 18.2 Å². The maximum Gasteiger partial charge on any atom is 0.419 e. The van der Waals surface area contributed by atoms with E-state index < -0.39 is 11.7 Å². The molecular weight excluding hydrogens is 271 g/mol. The van der Waals surface area contributed by atoms with E-state index in [1.54, 1.807) is 27.1 Å². The largest absolute Gasteiger partial charge is 0.490 e. The van der Waals surface area contributed by atoms with Gasteiger partial charge in [-0.1, -0.05) is 6.07 Å². The first kappa shape index (κ1) is 16.8. The highest BCUT2D eigenvalue weighted by atomic mass is 19.4. The molecule has 0 bridgehead atoms. The molecular formula is C14H20F3NO2. The van der Waals surface area contributed by atoms with E-state index in [0.29, 0.717) is 25.1 Å². The zero-order chi connectivity index (χ0) is 15.2. The summed E-state index contributed by atoms with van der Waals surface area (Å²) in [5, 5.41) is 2.83. The molecule has 0 aliphatic rings. The second-order valence-corrected chi connectivity index (χ2v) is 4.57. The van der Waals surface area contributed by atoms with E-state index in [0.717, 1.165) is 6.07 Å². The highest BCUT2D eigenvalue weighted by Crippen LogP contribution is 2.37. The zero-order valence-corrected chi connectivity index (χ0v) is 11.9. The van der Waals surface area contributed by atoms with E-state index in [-0.39, 0.29) is 11.9 Å². The molecule has 1 N–H and O–H groups in total. The van der Waals surface area contributed by atoms with E-state index in [2.05, 4.69) is 5.32 Å². The minimum absolute atomic E-state index is 0.138. The molecule has 1 unspecified atom stereocenters. The van der Waals surface area contributed by atoms with Crippen LogP contribution in [0.2, 0.25) is 0 Å². The Kier molecular flexibility index (Phi) is 6.29. The van der Waals surface area contributed by atoms with Crippen LogP contribution in [0.5, 0.6) is 5.75 Å². The summed E-state index contributed by atoms with van der Waals surface area (Å²) in [6, 6.07) is 4.12. The second kappa shape index (κ2) is 7.50. The van der Waals surface area contributed by atoms with E-state index in [9.17, 15) is 13.2 Å². The van der Waals surface area contributed by atoms with Crippen molar-refractivity contribution in [2.45, 2.75) is 32.2 Å². The van der Waals surface area contributed by atoms with Crippen molar-refractivity contribution in [3.8, 4) is 5.75 Å². The molecule has 20 heavy (non-hydrogen) atoms. The molecule has 0 heterocycles. The summed E-state index contributed by atoms with van der Waals surface area (Å²) in [7, 11) is 3.23. The number of ether oxygens (including phenoxy) is 2. The Hall–Kier alpha value is -1.27. The SMILES string of the molecule is CNCc1ccc(OC(C)CCOC)c(C(F)(F)F)c1. The summed E-state index contributed by atoms with van der Waals surface area (Å²) in [5.74, 6) is -0.138. The lowest BCUT2D eigenvalue weighted by Crippen LogP contribution is -2.18. The number of alkyl halides is 3. The minimum Gasteiger partial charge on any atom is -0.490 e. The molecule has 0 spiro atoms. The number of hydrogen-bond donors (Lipinski definition) is 1. The van der Waals surface area contributed by atoms with E-state index in [4.69, 9.17) is 9.47 Å². The average Bonchev–Trinajstić information content (AvgIpc) is 2.37. The van der Waals surface area contributed by atoms with E-state index in [1.807, 2.05) is 0 Å². The van der Waals surface area contributed by atoms with Crippen molar-refractivity contribution in [2.75, 3.05) is 20.8 Å². The van der Waals surface area contributed by atoms with Gasteiger partial charge in [-0.15, -0.1) is 0 Å². The molecule has 0 aliphatic heterocycles. The standard InChI is InChI=1S/C14H20F3NO2/c1-10(6-7-19-3)20-13-5-4-11(9-18-2)8-12(13)14(15,16)17/h4-5,8,10,18H,6-7,9H2,1-3H3. The van der Waals surface area contributed by atoms with Gasteiger partial charge >= 0.3 is 6.18 Å². The lowest BCUT2D eigenvalue weighted by atomic mass is 10.1. The van der Waals surface area contributed by atoms with Crippen LogP contribution < -0.4 is 10.1 Å². The van der Waals surface area contributed by atoms with Gasteiger partial charge in [-0.2, -0.15) is 13.2 Å². The van der Waals surface area contributed by atoms with Gasteiger partial charge in [0.25, 0.3) is 0 Å². The number of nitrogens with one attached hydrogen (secondary N) is 1. The van der Waals surface area contributed by atoms with E-state index in [1.165, 1.54) is 6.07 Å². The smallest absolute Gasteiger partial charge is 0.419 e. The van der Waals surface area contributed by atoms with Crippen molar-refractivity contribution >= 4 is 0 Å². The first-order valence-electron chi connectivity index (χ1n) is 6.38. The third-order valence-corrected chi connectivity index (χ3v) is 2.79.